The van der Waals surface area contributed by atoms with Gasteiger partial charge in [0, 0.05) is 55.1 Å². The third-order valence-corrected chi connectivity index (χ3v) is 8.60. The number of carbonyl (C=O) groups is 1. The molecule has 4 aliphatic rings. The lowest BCUT2D eigenvalue weighted by molar-refractivity contribution is -0.140. The predicted octanol–water partition coefficient (Wildman–Crippen LogP) is 4.51. The number of likely N-dealkylation sites (tertiary alicyclic amines) is 1. The van der Waals surface area contributed by atoms with Gasteiger partial charge in [0.25, 0.3) is 0 Å². The number of fused-ring (bicyclic) bond motifs is 2. The summed E-state index contributed by atoms with van der Waals surface area (Å²) in [5.41, 5.74) is 2.90. The molecule has 1 N–H and O–H groups in total. The highest BCUT2D eigenvalue weighted by molar-refractivity contribution is 6.30. The van der Waals surface area contributed by atoms with Crippen molar-refractivity contribution < 1.29 is 24.1 Å². The predicted molar refractivity (Wildman–Crippen MR) is 161 cm³/mol. The van der Waals surface area contributed by atoms with Crippen molar-refractivity contribution in [2.45, 2.75) is 31.0 Å². The number of pyridine rings is 1. The molecule has 8 nitrogen and oxygen atoms in total. The van der Waals surface area contributed by atoms with Crippen LogP contribution in [0.5, 0.6) is 5.88 Å². The number of rotatable bonds is 7. The fraction of sp³-hybridized carbons (Fsp3) is 0.394. The first-order chi connectivity index (χ1) is 20.5. The van der Waals surface area contributed by atoms with Crippen molar-refractivity contribution in [1.29, 1.82) is 0 Å². The Labute approximate surface area is 251 Å². The summed E-state index contributed by atoms with van der Waals surface area (Å²) >= 11 is 6.04. The molecule has 4 heterocycles. The van der Waals surface area contributed by atoms with Crippen molar-refractivity contribution >= 4 is 23.1 Å². The maximum Gasteiger partial charge on any atom is 0.248 e. The molecule has 0 spiro atoms. The smallest absolute Gasteiger partial charge is 0.248 e. The molecule has 2 fully saturated rings. The van der Waals surface area contributed by atoms with Crippen LogP contribution in [0, 0.1) is 0 Å². The standard InChI is InChI=1S/C33H36ClN3O5/c34-26-10-8-25(9-11-26)33(39)12-16-36(17-13-33)15-3-4-24-22-28-29(41-23-31(38)37-18-20-40-21-19-37)6-1-7-30(28)42-32-27(24)5-2-14-35-32/h1-2,4-11,14,22,29,39H,3,12-13,15-21,23H2. The van der Waals surface area contributed by atoms with Crippen molar-refractivity contribution in [3.63, 3.8) is 0 Å². The largest absolute Gasteiger partial charge is 0.438 e. The molecule has 0 radical (unpaired) electrons. The van der Waals surface area contributed by atoms with E-state index in [0.717, 1.165) is 48.3 Å². The minimum absolute atomic E-state index is 0.0127. The van der Waals surface area contributed by atoms with Gasteiger partial charge in [-0.2, -0.15) is 0 Å². The lowest BCUT2D eigenvalue weighted by Crippen LogP contribution is -2.43. The van der Waals surface area contributed by atoms with Gasteiger partial charge in [-0.1, -0.05) is 42.0 Å². The number of morpholine rings is 1. The Morgan fingerprint density at radius 2 is 1.93 bits per heavy atom. The molecule has 0 bridgehead atoms. The molecule has 1 aromatic carbocycles. The number of hydrogen-bond acceptors (Lipinski definition) is 7. The van der Waals surface area contributed by atoms with Crippen LogP contribution in [0.2, 0.25) is 5.02 Å². The topological polar surface area (TPSA) is 84.4 Å². The van der Waals surface area contributed by atoms with E-state index in [1.54, 1.807) is 11.1 Å². The summed E-state index contributed by atoms with van der Waals surface area (Å²) < 4.78 is 17.8. The van der Waals surface area contributed by atoms with E-state index in [1.807, 2.05) is 54.6 Å². The number of hydrogen-bond donors (Lipinski definition) is 1. The monoisotopic (exact) mass is 589 g/mol. The third kappa shape index (κ3) is 6.53. The van der Waals surface area contributed by atoms with E-state index in [4.69, 9.17) is 25.8 Å². The van der Waals surface area contributed by atoms with Crippen LogP contribution in [0.3, 0.4) is 0 Å². The van der Waals surface area contributed by atoms with Gasteiger partial charge in [0.05, 0.1) is 18.8 Å². The molecular weight excluding hydrogens is 554 g/mol. The second kappa shape index (κ2) is 12.9. The minimum atomic E-state index is -0.817. The highest BCUT2D eigenvalue weighted by Gasteiger charge is 2.34. The fourth-order valence-electron chi connectivity index (χ4n) is 5.85. The van der Waals surface area contributed by atoms with E-state index in [0.29, 0.717) is 55.8 Å². The van der Waals surface area contributed by atoms with Crippen LogP contribution in [-0.4, -0.2) is 84.4 Å². The van der Waals surface area contributed by atoms with Crippen molar-refractivity contribution in [3.8, 4) is 5.88 Å². The summed E-state index contributed by atoms with van der Waals surface area (Å²) in [6, 6.07) is 11.5. The highest BCUT2D eigenvalue weighted by Crippen LogP contribution is 2.37. The Kier molecular flexibility index (Phi) is 8.88. The second-order valence-electron chi connectivity index (χ2n) is 11.0. The van der Waals surface area contributed by atoms with Crippen LogP contribution in [-0.2, 0) is 19.9 Å². The summed E-state index contributed by atoms with van der Waals surface area (Å²) in [4.78, 5) is 21.4. The van der Waals surface area contributed by atoms with Gasteiger partial charge in [-0.15, -0.1) is 0 Å². The number of nitrogens with zero attached hydrogens (tertiary/aromatic N) is 3. The van der Waals surface area contributed by atoms with Gasteiger partial charge in [-0.25, -0.2) is 4.98 Å². The van der Waals surface area contributed by atoms with Crippen LogP contribution in [0.1, 0.15) is 30.4 Å². The van der Waals surface area contributed by atoms with Gasteiger partial charge in [0.15, 0.2) is 0 Å². The van der Waals surface area contributed by atoms with E-state index < -0.39 is 11.7 Å². The van der Waals surface area contributed by atoms with Gasteiger partial charge in [-0.05, 0) is 66.8 Å². The normalized spacial score (nSPS) is 22.9. The molecule has 1 unspecified atom stereocenters. The van der Waals surface area contributed by atoms with Crippen molar-refractivity contribution in [1.82, 2.24) is 14.8 Å². The van der Waals surface area contributed by atoms with Gasteiger partial charge in [0.1, 0.15) is 18.5 Å². The SMILES string of the molecule is O=C(COC1C=CC=C2Oc3ncccc3C(=CCCN3CCC(O)(c4ccc(Cl)cc4)CC3)C=C21)N1CCOCC1. The lowest BCUT2D eigenvalue weighted by atomic mass is 9.84. The molecule has 1 atom stereocenters. The Balaban J connectivity index is 1.13. The molecule has 42 heavy (non-hydrogen) atoms. The zero-order valence-corrected chi connectivity index (χ0v) is 24.3. The summed E-state index contributed by atoms with van der Waals surface area (Å²) in [6.45, 7) is 4.78. The molecule has 0 saturated carbocycles. The number of amides is 1. The highest BCUT2D eigenvalue weighted by atomic mass is 35.5. The molecule has 1 aromatic heterocycles. The van der Waals surface area contributed by atoms with Gasteiger partial charge in [0.2, 0.25) is 11.8 Å². The molecule has 9 heteroatoms. The number of aromatic nitrogens is 1. The van der Waals surface area contributed by atoms with Gasteiger partial charge >= 0.3 is 0 Å². The molecule has 3 aliphatic heterocycles. The number of aliphatic hydroxyl groups is 1. The zero-order chi connectivity index (χ0) is 28.9. The number of piperidine rings is 1. The van der Waals surface area contributed by atoms with E-state index in [2.05, 4.69) is 22.0 Å². The minimum Gasteiger partial charge on any atom is -0.438 e. The maximum atomic E-state index is 12.7. The zero-order valence-electron chi connectivity index (χ0n) is 23.6. The summed E-state index contributed by atoms with van der Waals surface area (Å²) in [6.07, 6.45) is 13.6. The van der Waals surface area contributed by atoms with E-state index >= 15 is 0 Å². The number of ether oxygens (including phenoxy) is 3. The van der Waals surface area contributed by atoms with Crippen molar-refractivity contribution in [2.24, 2.45) is 0 Å². The summed E-state index contributed by atoms with van der Waals surface area (Å²) in [7, 11) is 0. The Morgan fingerprint density at radius 3 is 2.71 bits per heavy atom. The van der Waals surface area contributed by atoms with E-state index in [1.165, 1.54) is 0 Å². The molecule has 6 rings (SSSR count). The second-order valence-corrected chi connectivity index (χ2v) is 11.5. The van der Waals surface area contributed by atoms with Crippen LogP contribution in [0.25, 0.3) is 5.57 Å². The number of carbonyl (C=O) groups excluding carboxylic acids is 1. The van der Waals surface area contributed by atoms with Crippen molar-refractivity contribution in [2.75, 3.05) is 52.5 Å². The molecule has 1 amide bonds. The first-order valence-electron chi connectivity index (χ1n) is 14.6. The fourth-order valence-corrected chi connectivity index (χ4v) is 5.97. The molecule has 220 valence electrons. The van der Waals surface area contributed by atoms with E-state index in [-0.39, 0.29) is 12.5 Å². The molecule has 2 aromatic rings. The van der Waals surface area contributed by atoms with Crippen LogP contribution in [0.15, 0.2) is 84.3 Å². The summed E-state index contributed by atoms with van der Waals surface area (Å²) in [5.74, 6) is 1.18. The number of benzene rings is 1. The number of allylic oxidation sites excluding steroid dienone is 4. The Bertz CT molecular complexity index is 1400. The quantitative estimate of drug-likeness (QED) is 0.509. The maximum absolute atomic E-state index is 12.7. The first-order valence-corrected chi connectivity index (χ1v) is 15.0. The average Bonchev–Trinajstić information content (AvgIpc) is 3.18. The molecular formula is C33H36ClN3O5. The Hall–Kier alpha value is -3.27. The van der Waals surface area contributed by atoms with Gasteiger partial charge < -0.3 is 29.1 Å². The average molecular weight is 590 g/mol. The van der Waals surface area contributed by atoms with Crippen LogP contribution in [0.4, 0.5) is 0 Å². The van der Waals surface area contributed by atoms with Crippen molar-refractivity contribution in [3.05, 3.63) is 100 Å². The Morgan fingerprint density at radius 1 is 1.14 bits per heavy atom. The third-order valence-electron chi connectivity index (χ3n) is 8.35. The molecule has 2 saturated heterocycles. The first kappa shape index (κ1) is 28.8. The molecule has 1 aliphatic carbocycles. The van der Waals surface area contributed by atoms with E-state index in [9.17, 15) is 9.90 Å². The van der Waals surface area contributed by atoms with Crippen LogP contribution < -0.4 is 4.74 Å². The summed E-state index contributed by atoms with van der Waals surface area (Å²) in [5, 5.41) is 11.9. The van der Waals surface area contributed by atoms with Crippen LogP contribution >= 0.6 is 11.6 Å². The number of halogens is 1. The lowest BCUT2D eigenvalue weighted by Gasteiger charge is -2.38. The van der Waals surface area contributed by atoms with Gasteiger partial charge in [-0.3, -0.25) is 4.79 Å².